The van der Waals surface area contributed by atoms with Gasteiger partial charge in [-0.25, -0.2) is 0 Å². The largest absolute Gasteiger partial charge is 0.385 e. The van der Waals surface area contributed by atoms with Gasteiger partial charge in [0, 0.05) is 19.3 Å². The van der Waals surface area contributed by atoms with Crippen LogP contribution in [0.4, 0.5) is 0 Å². The van der Waals surface area contributed by atoms with Crippen molar-refractivity contribution in [1.82, 2.24) is 24.8 Å². The van der Waals surface area contributed by atoms with Gasteiger partial charge in [-0.1, -0.05) is 13.8 Å². The van der Waals surface area contributed by atoms with Gasteiger partial charge in [-0.05, 0) is 31.0 Å². The highest BCUT2D eigenvalue weighted by atomic mass is 16.5. The standard InChI is InChI=1S/C18H25N5O3/c1-12(2)15(24)16-21-20-14-4-3-13(9-23(14)16)17(25)22-7-8-26-18(11-22)5-6-19-10-18/h3-4,9,12,15,19,24H,5-8,10-11H2,1-2H3. The average molecular weight is 359 g/mol. The van der Waals surface area contributed by atoms with Crippen molar-refractivity contribution in [2.45, 2.75) is 32.0 Å². The molecule has 4 rings (SSSR count). The number of aromatic nitrogens is 3. The first-order valence-corrected chi connectivity index (χ1v) is 9.16. The first-order valence-electron chi connectivity index (χ1n) is 9.16. The molecule has 8 nitrogen and oxygen atoms in total. The van der Waals surface area contributed by atoms with E-state index in [1.54, 1.807) is 22.7 Å². The Morgan fingerprint density at radius 3 is 2.96 bits per heavy atom. The third-order valence-corrected chi connectivity index (χ3v) is 5.31. The maximum Gasteiger partial charge on any atom is 0.255 e. The van der Waals surface area contributed by atoms with Gasteiger partial charge in [-0.3, -0.25) is 9.20 Å². The van der Waals surface area contributed by atoms with Crippen LogP contribution in [-0.2, 0) is 4.74 Å². The van der Waals surface area contributed by atoms with Gasteiger partial charge >= 0.3 is 0 Å². The van der Waals surface area contributed by atoms with Gasteiger partial charge in [-0.2, -0.15) is 0 Å². The Balaban J connectivity index is 1.61. The van der Waals surface area contributed by atoms with Crippen LogP contribution in [0.15, 0.2) is 18.3 Å². The molecule has 2 aromatic rings. The zero-order chi connectivity index (χ0) is 18.3. The molecule has 8 heteroatoms. The first-order chi connectivity index (χ1) is 12.5. The minimum Gasteiger partial charge on any atom is -0.385 e. The Kier molecular flexibility index (Phi) is 4.42. The van der Waals surface area contributed by atoms with Crippen molar-refractivity contribution in [3.63, 3.8) is 0 Å². The summed E-state index contributed by atoms with van der Waals surface area (Å²) in [7, 11) is 0. The highest BCUT2D eigenvalue weighted by Crippen LogP contribution is 2.26. The number of nitrogens with zero attached hydrogens (tertiary/aromatic N) is 4. The molecule has 0 bridgehead atoms. The molecule has 2 N–H and O–H groups in total. The number of aliphatic hydroxyl groups excluding tert-OH is 1. The summed E-state index contributed by atoms with van der Waals surface area (Å²) >= 11 is 0. The number of ether oxygens (including phenoxy) is 1. The Morgan fingerprint density at radius 2 is 2.23 bits per heavy atom. The highest BCUT2D eigenvalue weighted by Gasteiger charge is 2.40. The van der Waals surface area contributed by atoms with E-state index in [9.17, 15) is 9.90 Å². The lowest BCUT2D eigenvalue weighted by molar-refractivity contribution is -0.0866. The van der Waals surface area contributed by atoms with E-state index in [2.05, 4.69) is 15.5 Å². The van der Waals surface area contributed by atoms with Gasteiger partial charge in [0.2, 0.25) is 0 Å². The number of carbonyl (C=O) groups excluding carboxylic acids is 1. The number of nitrogens with one attached hydrogen (secondary N) is 1. The minimum atomic E-state index is -0.730. The molecular formula is C18H25N5O3. The summed E-state index contributed by atoms with van der Waals surface area (Å²) in [5.41, 5.74) is 0.931. The maximum atomic E-state index is 13.1. The Morgan fingerprint density at radius 1 is 1.38 bits per heavy atom. The average Bonchev–Trinajstić information content (AvgIpc) is 3.27. The normalized spacial score (nSPS) is 24.7. The lowest BCUT2D eigenvalue weighted by atomic mass is 10.00. The number of pyridine rings is 1. The predicted molar refractivity (Wildman–Crippen MR) is 94.9 cm³/mol. The molecule has 1 spiro atoms. The fraction of sp³-hybridized carbons (Fsp3) is 0.611. The van der Waals surface area contributed by atoms with Crippen molar-refractivity contribution in [2.24, 2.45) is 5.92 Å². The second-order valence-electron chi connectivity index (χ2n) is 7.58. The molecule has 1 amide bonds. The summed E-state index contributed by atoms with van der Waals surface area (Å²) < 4.78 is 7.68. The lowest BCUT2D eigenvalue weighted by Crippen LogP contribution is -2.54. The Bertz CT molecular complexity index is 812. The Labute approximate surface area is 152 Å². The molecule has 0 aromatic carbocycles. The smallest absolute Gasteiger partial charge is 0.255 e. The molecular weight excluding hydrogens is 334 g/mol. The molecule has 2 aliphatic heterocycles. The molecule has 2 atom stereocenters. The van der Waals surface area contributed by atoms with Gasteiger partial charge in [0.05, 0.1) is 24.3 Å². The summed E-state index contributed by atoms with van der Waals surface area (Å²) in [6.45, 7) is 7.28. The van der Waals surface area contributed by atoms with Crippen molar-refractivity contribution < 1.29 is 14.6 Å². The van der Waals surface area contributed by atoms with Crippen molar-refractivity contribution >= 4 is 11.6 Å². The lowest BCUT2D eigenvalue weighted by Gasteiger charge is -2.40. The quantitative estimate of drug-likeness (QED) is 0.835. The van der Waals surface area contributed by atoms with Crippen molar-refractivity contribution in [1.29, 1.82) is 0 Å². The molecule has 0 saturated carbocycles. The summed E-state index contributed by atoms with van der Waals surface area (Å²) in [6.07, 6.45) is 1.92. The zero-order valence-corrected chi connectivity index (χ0v) is 15.2. The maximum absolute atomic E-state index is 13.1. The van der Waals surface area contributed by atoms with Crippen LogP contribution in [0.2, 0.25) is 0 Å². The van der Waals surface area contributed by atoms with Crippen LogP contribution in [0.1, 0.15) is 42.6 Å². The number of carbonyl (C=O) groups is 1. The second-order valence-corrected chi connectivity index (χ2v) is 7.58. The van der Waals surface area contributed by atoms with Crippen molar-refractivity contribution in [3.8, 4) is 0 Å². The van der Waals surface area contributed by atoms with Gasteiger partial charge in [0.15, 0.2) is 11.5 Å². The number of morpholine rings is 1. The van der Waals surface area contributed by atoms with Crippen LogP contribution in [-0.4, -0.2) is 68.9 Å². The number of rotatable bonds is 3. The summed E-state index contributed by atoms with van der Waals surface area (Å²) in [5.74, 6) is 0.443. The fourth-order valence-electron chi connectivity index (χ4n) is 3.71. The van der Waals surface area contributed by atoms with Gasteiger partial charge in [0.1, 0.15) is 6.10 Å². The molecule has 0 radical (unpaired) electrons. The SMILES string of the molecule is CC(C)C(O)c1nnc2ccc(C(=O)N3CCOC4(CCNC4)C3)cn12. The number of hydrogen-bond donors (Lipinski definition) is 2. The van der Waals surface area contributed by atoms with E-state index in [1.165, 1.54) is 0 Å². The molecule has 2 saturated heterocycles. The summed E-state index contributed by atoms with van der Waals surface area (Å²) in [5, 5.41) is 21.9. The Hall–Kier alpha value is -2.03. The third-order valence-electron chi connectivity index (χ3n) is 5.31. The van der Waals surface area contributed by atoms with E-state index < -0.39 is 6.10 Å². The van der Waals surface area contributed by atoms with E-state index in [1.807, 2.05) is 18.7 Å². The van der Waals surface area contributed by atoms with Gasteiger partial charge < -0.3 is 20.1 Å². The van der Waals surface area contributed by atoms with Crippen LogP contribution in [0.3, 0.4) is 0 Å². The first kappa shape index (κ1) is 17.4. The van der Waals surface area contributed by atoms with Crippen LogP contribution in [0.25, 0.3) is 5.65 Å². The van der Waals surface area contributed by atoms with Crippen LogP contribution >= 0.6 is 0 Å². The molecule has 2 fully saturated rings. The monoisotopic (exact) mass is 359 g/mol. The van der Waals surface area contributed by atoms with Crippen LogP contribution < -0.4 is 5.32 Å². The topological polar surface area (TPSA) is 92.0 Å². The number of fused-ring (bicyclic) bond motifs is 1. The number of hydrogen-bond acceptors (Lipinski definition) is 6. The van der Waals surface area contributed by atoms with Crippen LogP contribution in [0.5, 0.6) is 0 Å². The summed E-state index contributed by atoms with van der Waals surface area (Å²) in [6, 6.07) is 3.54. The molecule has 140 valence electrons. The van der Waals surface area contributed by atoms with Gasteiger partial charge in [0.25, 0.3) is 5.91 Å². The number of amides is 1. The van der Waals surface area contributed by atoms with E-state index in [-0.39, 0.29) is 17.4 Å². The highest BCUT2D eigenvalue weighted by molar-refractivity contribution is 5.94. The zero-order valence-electron chi connectivity index (χ0n) is 15.2. The molecule has 2 aromatic heterocycles. The van der Waals surface area contributed by atoms with Gasteiger partial charge in [-0.15, -0.1) is 10.2 Å². The molecule has 26 heavy (non-hydrogen) atoms. The fourth-order valence-corrected chi connectivity index (χ4v) is 3.71. The molecule has 2 aliphatic rings. The summed E-state index contributed by atoms with van der Waals surface area (Å²) in [4.78, 5) is 14.9. The number of aliphatic hydroxyl groups is 1. The predicted octanol–water partition coefficient (Wildman–Crippen LogP) is 0.623. The van der Waals surface area contributed by atoms with Crippen LogP contribution in [0, 0.1) is 5.92 Å². The molecule has 0 aliphatic carbocycles. The van der Waals surface area contributed by atoms with E-state index in [0.717, 1.165) is 19.5 Å². The van der Waals surface area contributed by atoms with E-state index in [0.29, 0.717) is 36.7 Å². The van der Waals surface area contributed by atoms with Crippen molar-refractivity contribution in [3.05, 3.63) is 29.7 Å². The van der Waals surface area contributed by atoms with E-state index in [4.69, 9.17) is 4.74 Å². The second kappa shape index (κ2) is 6.61. The minimum absolute atomic E-state index is 0.00993. The molecule has 2 unspecified atom stereocenters. The third kappa shape index (κ3) is 2.98. The molecule has 4 heterocycles. The van der Waals surface area contributed by atoms with E-state index >= 15 is 0 Å². The van der Waals surface area contributed by atoms with Crippen molar-refractivity contribution in [2.75, 3.05) is 32.8 Å².